The van der Waals surface area contributed by atoms with Crippen molar-refractivity contribution in [3.63, 3.8) is 0 Å². The predicted molar refractivity (Wildman–Crippen MR) is 43.5 cm³/mol. The number of hydrogen-bond donors (Lipinski definition) is 1. The van der Waals surface area contributed by atoms with Gasteiger partial charge in [-0.05, 0) is 19.3 Å². The van der Waals surface area contributed by atoms with Crippen LogP contribution in [0.25, 0.3) is 0 Å². The Balaban J connectivity index is 2.72. The van der Waals surface area contributed by atoms with Crippen LogP contribution in [0.3, 0.4) is 0 Å². The van der Waals surface area contributed by atoms with Crippen LogP contribution in [0.5, 0.6) is 0 Å². The molecule has 1 rings (SSSR count). The lowest BCUT2D eigenvalue weighted by Crippen LogP contribution is -2.40. The molecule has 0 radical (unpaired) electrons. The monoisotopic (exact) mass is 222 g/mol. The zero-order valence-electron chi connectivity index (χ0n) is 6.34. The average molecular weight is 223 g/mol. The highest BCUT2D eigenvalue weighted by atomic mass is 79.9. The highest BCUT2D eigenvalue weighted by Crippen LogP contribution is 2.38. The third-order valence-electron chi connectivity index (χ3n) is 2.07. The maximum Gasteiger partial charge on any atom is 0.325 e. The number of methoxy groups -OCH3 is 1. The van der Waals surface area contributed by atoms with Crippen LogP contribution in [0.1, 0.15) is 19.3 Å². The first kappa shape index (κ1) is 9.00. The summed E-state index contributed by atoms with van der Waals surface area (Å²) in [4.78, 5) is 11.1. The van der Waals surface area contributed by atoms with Crippen molar-refractivity contribution < 1.29 is 14.6 Å². The van der Waals surface area contributed by atoms with Gasteiger partial charge in [-0.2, -0.15) is 0 Å². The van der Waals surface area contributed by atoms with Gasteiger partial charge in [-0.1, -0.05) is 15.9 Å². The van der Waals surface area contributed by atoms with Gasteiger partial charge in [0.15, 0.2) is 0 Å². The standard InChI is InChI=1S/C7H11BrO3/c1-11-6(10)7(8)4-2-3-5(7)9/h5,9H,2-4H2,1H3. The molecular weight excluding hydrogens is 212 g/mol. The first-order valence-corrected chi connectivity index (χ1v) is 4.36. The van der Waals surface area contributed by atoms with E-state index in [1.807, 2.05) is 0 Å². The maximum absolute atomic E-state index is 11.1. The van der Waals surface area contributed by atoms with Crippen molar-refractivity contribution in [2.45, 2.75) is 29.7 Å². The van der Waals surface area contributed by atoms with Gasteiger partial charge in [-0.15, -0.1) is 0 Å². The molecule has 2 atom stereocenters. The molecule has 2 unspecified atom stereocenters. The summed E-state index contributed by atoms with van der Waals surface area (Å²) in [5.74, 6) is -0.373. The number of rotatable bonds is 1. The molecule has 1 aliphatic carbocycles. The van der Waals surface area contributed by atoms with Crippen LogP contribution in [0, 0.1) is 0 Å². The van der Waals surface area contributed by atoms with Crippen LogP contribution in [0.15, 0.2) is 0 Å². The normalized spacial score (nSPS) is 37.2. The minimum atomic E-state index is -0.832. The van der Waals surface area contributed by atoms with Gasteiger partial charge in [0.25, 0.3) is 0 Å². The molecule has 11 heavy (non-hydrogen) atoms. The SMILES string of the molecule is COC(=O)C1(Br)CCCC1O. The number of ether oxygens (including phenoxy) is 1. The molecule has 1 aliphatic rings. The molecule has 64 valence electrons. The summed E-state index contributed by atoms with van der Waals surface area (Å²) >= 11 is 3.21. The fourth-order valence-electron chi connectivity index (χ4n) is 1.36. The van der Waals surface area contributed by atoms with E-state index in [4.69, 9.17) is 0 Å². The summed E-state index contributed by atoms with van der Waals surface area (Å²) < 4.78 is 3.73. The topological polar surface area (TPSA) is 46.5 Å². The average Bonchev–Trinajstić information content (AvgIpc) is 2.32. The predicted octanol–water partition coefficient (Wildman–Crippen LogP) is 0.838. The van der Waals surface area contributed by atoms with Gasteiger partial charge in [-0.3, -0.25) is 4.79 Å². The quantitative estimate of drug-likeness (QED) is 0.529. The van der Waals surface area contributed by atoms with Gasteiger partial charge >= 0.3 is 5.97 Å². The van der Waals surface area contributed by atoms with Gasteiger partial charge in [0.05, 0.1) is 13.2 Å². The highest BCUT2D eigenvalue weighted by Gasteiger charge is 2.47. The molecule has 0 aromatic carbocycles. The Morgan fingerprint density at radius 2 is 2.45 bits per heavy atom. The van der Waals surface area contributed by atoms with E-state index in [-0.39, 0.29) is 5.97 Å². The number of hydrogen-bond acceptors (Lipinski definition) is 3. The Bertz CT molecular complexity index is 171. The van der Waals surface area contributed by atoms with Gasteiger partial charge in [0.1, 0.15) is 4.32 Å². The van der Waals surface area contributed by atoms with Crippen molar-refractivity contribution in [2.24, 2.45) is 0 Å². The molecular formula is C7H11BrO3. The summed E-state index contributed by atoms with van der Waals surface area (Å²) in [6.45, 7) is 0. The van der Waals surface area contributed by atoms with E-state index < -0.39 is 10.4 Å². The van der Waals surface area contributed by atoms with E-state index in [1.54, 1.807) is 0 Å². The second-order valence-corrected chi connectivity index (χ2v) is 4.18. The van der Waals surface area contributed by atoms with Gasteiger partial charge in [-0.25, -0.2) is 0 Å². The molecule has 3 nitrogen and oxygen atoms in total. The largest absolute Gasteiger partial charge is 0.468 e. The number of aliphatic hydroxyl groups is 1. The van der Waals surface area contributed by atoms with E-state index in [0.29, 0.717) is 12.8 Å². The smallest absolute Gasteiger partial charge is 0.325 e. The summed E-state index contributed by atoms with van der Waals surface area (Å²) in [6.07, 6.45) is 1.58. The number of carbonyl (C=O) groups is 1. The van der Waals surface area contributed by atoms with Gasteiger partial charge < -0.3 is 9.84 Å². The first-order valence-electron chi connectivity index (χ1n) is 3.56. The van der Waals surface area contributed by atoms with Crippen LogP contribution in [0.2, 0.25) is 0 Å². The minimum absolute atomic E-state index is 0.373. The zero-order valence-corrected chi connectivity index (χ0v) is 7.93. The number of aliphatic hydroxyl groups excluding tert-OH is 1. The molecule has 0 spiro atoms. The van der Waals surface area contributed by atoms with Gasteiger partial charge in [0, 0.05) is 0 Å². The third kappa shape index (κ3) is 1.42. The van der Waals surface area contributed by atoms with Crippen molar-refractivity contribution in [2.75, 3.05) is 7.11 Å². The van der Waals surface area contributed by atoms with Crippen LogP contribution in [0.4, 0.5) is 0 Å². The Hall–Kier alpha value is -0.0900. The van der Waals surface area contributed by atoms with E-state index in [9.17, 15) is 9.90 Å². The molecule has 1 fully saturated rings. The summed E-state index contributed by atoms with van der Waals surface area (Å²) in [5, 5.41) is 9.40. The lowest BCUT2D eigenvalue weighted by Gasteiger charge is -2.21. The van der Waals surface area contributed by atoms with Crippen LogP contribution >= 0.6 is 15.9 Å². The first-order chi connectivity index (χ1) is 5.11. The zero-order chi connectivity index (χ0) is 8.48. The Morgan fingerprint density at radius 1 is 1.82 bits per heavy atom. The Morgan fingerprint density at radius 3 is 2.82 bits per heavy atom. The Labute approximate surface area is 73.9 Å². The summed E-state index contributed by atoms with van der Waals surface area (Å²) in [6, 6.07) is 0. The van der Waals surface area contributed by atoms with E-state index >= 15 is 0 Å². The molecule has 0 bridgehead atoms. The van der Waals surface area contributed by atoms with Crippen molar-refractivity contribution in [3.8, 4) is 0 Å². The second kappa shape index (κ2) is 3.11. The number of alkyl halides is 1. The second-order valence-electron chi connectivity index (χ2n) is 2.76. The lowest BCUT2D eigenvalue weighted by atomic mass is 10.1. The molecule has 1 N–H and O–H groups in total. The molecule has 0 aliphatic heterocycles. The van der Waals surface area contributed by atoms with E-state index in [2.05, 4.69) is 20.7 Å². The number of halogens is 1. The third-order valence-corrected chi connectivity index (χ3v) is 3.32. The number of carbonyl (C=O) groups excluding carboxylic acids is 1. The molecule has 4 heteroatoms. The van der Waals surface area contributed by atoms with Crippen LogP contribution in [-0.4, -0.2) is 28.6 Å². The molecule has 0 aromatic heterocycles. The van der Waals surface area contributed by atoms with E-state index in [1.165, 1.54) is 7.11 Å². The Kier molecular flexibility index (Phi) is 2.54. The van der Waals surface area contributed by atoms with Crippen LogP contribution < -0.4 is 0 Å². The van der Waals surface area contributed by atoms with Gasteiger partial charge in [0.2, 0.25) is 0 Å². The minimum Gasteiger partial charge on any atom is -0.468 e. The van der Waals surface area contributed by atoms with Crippen molar-refractivity contribution in [3.05, 3.63) is 0 Å². The molecule has 1 saturated carbocycles. The maximum atomic E-state index is 11.1. The summed E-state index contributed by atoms with van der Waals surface area (Å²) in [7, 11) is 1.33. The fourth-order valence-corrected chi connectivity index (χ4v) is 2.03. The highest BCUT2D eigenvalue weighted by molar-refractivity contribution is 9.10. The van der Waals surface area contributed by atoms with E-state index in [0.717, 1.165) is 6.42 Å². The summed E-state index contributed by atoms with van der Waals surface area (Å²) in [5.41, 5.74) is 0. The molecule has 0 heterocycles. The molecule has 0 saturated heterocycles. The fraction of sp³-hybridized carbons (Fsp3) is 0.857. The van der Waals surface area contributed by atoms with Crippen LogP contribution in [-0.2, 0) is 9.53 Å². The van der Waals surface area contributed by atoms with Crippen molar-refractivity contribution in [1.82, 2.24) is 0 Å². The lowest BCUT2D eigenvalue weighted by molar-refractivity contribution is -0.145. The molecule has 0 amide bonds. The molecule has 0 aromatic rings. The van der Waals surface area contributed by atoms with Crippen molar-refractivity contribution in [1.29, 1.82) is 0 Å². The van der Waals surface area contributed by atoms with Crippen molar-refractivity contribution >= 4 is 21.9 Å². The number of esters is 1.